The van der Waals surface area contributed by atoms with E-state index >= 15 is 0 Å². The third-order valence-electron chi connectivity index (χ3n) is 2.70. The molecule has 0 saturated carbocycles. The molecule has 0 aliphatic carbocycles. The molecule has 0 fully saturated rings. The highest BCUT2D eigenvalue weighted by molar-refractivity contribution is 5.90. The minimum Gasteiger partial charge on any atom is -0.478 e. The van der Waals surface area contributed by atoms with E-state index in [-0.39, 0.29) is 5.56 Å². The number of benzene rings is 1. The summed E-state index contributed by atoms with van der Waals surface area (Å²) in [6.07, 6.45) is 1.33. The molecule has 94 valence electrons. The fourth-order valence-electron chi connectivity index (χ4n) is 1.78. The SMILES string of the molecule is Nc1ncnc2nc(-c3cccc(C(=O)O)c3)[nH]c12. The Labute approximate surface area is 107 Å². The number of H-pyrrole nitrogens is 1. The molecule has 0 aliphatic heterocycles. The number of anilines is 1. The van der Waals surface area contributed by atoms with Crippen molar-refractivity contribution in [1.29, 1.82) is 0 Å². The Bertz CT molecular complexity index is 781. The molecule has 3 aromatic rings. The number of fused-ring (bicyclic) bond motifs is 1. The van der Waals surface area contributed by atoms with E-state index in [1.807, 2.05) is 0 Å². The van der Waals surface area contributed by atoms with E-state index in [0.29, 0.717) is 28.4 Å². The summed E-state index contributed by atoms with van der Waals surface area (Å²) in [5.41, 5.74) is 7.54. The molecule has 2 heterocycles. The molecule has 0 saturated heterocycles. The second-order valence-electron chi connectivity index (χ2n) is 3.93. The Morgan fingerprint density at radius 1 is 1.32 bits per heavy atom. The molecule has 0 spiro atoms. The van der Waals surface area contributed by atoms with Gasteiger partial charge in [0.05, 0.1) is 5.56 Å². The molecule has 7 heteroatoms. The summed E-state index contributed by atoms with van der Waals surface area (Å²) in [4.78, 5) is 26.1. The summed E-state index contributed by atoms with van der Waals surface area (Å²) in [5, 5.41) is 8.97. The summed E-state index contributed by atoms with van der Waals surface area (Å²) in [6, 6.07) is 6.46. The largest absolute Gasteiger partial charge is 0.478 e. The topological polar surface area (TPSA) is 118 Å². The number of carboxylic acid groups (broad SMARTS) is 1. The Morgan fingerprint density at radius 3 is 2.89 bits per heavy atom. The molecule has 19 heavy (non-hydrogen) atoms. The third-order valence-corrected chi connectivity index (χ3v) is 2.70. The molecule has 0 aliphatic rings. The number of hydrogen-bond acceptors (Lipinski definition) is 5. The number of aromatic amines is 1. The molecular weight excluding hydrogens is 246 g/mol. The lowest BCUT2D eigenvalue weighted by atomic mass is 10.1. The summed E-state index contributed by atoms with van der Waals surface area (Å²) in [6.45, 7) is 0. The van der Waals surface area contributed by atoms with Gasteiger partial charge >= 0.3 is 5.97 Å². The van der Waals surface area contributed by atoms with Crippen LogP contribution in [-0.4, -0.2) is 31.0 Å². The van der Waals surface area contributed by atoms with E-state index in [9.17, 15) is 4.79 Å². The van der Waals surface area contributed by atoms with E-state index < -0.39 is 5.97 Å². The molecule has 0 amide bonds. The second kappa shape index (κ2) is 4.05. The number of rotatable bonds is 2. The lowest BCUT2D eigenvalue weighted by Crippen LogP contribution is -1.96. The van der Waals surface area contributed by atoms with Crippen molar-refractivity contribution in [2.75, 3.05) is 5.73 Å². The van der Waals surface area contributed by atoms with Crippen molar-refractivity contribution in [2.24, 2.45) is 0 Å². The number of hydrogen-bond donors (Lipinski definition) is 3. The highest BCUT2D eigenvalue weighted by Crippen LogP contribution is 2.22. The average Bonchev–Trinajstić information content (AvgIpc) is 2.84. The van der Waals surface area contributed by atoms with E-state index in [0.717, 1.165) is 0 Å². The number of carbonyl (C=O) groups is 1. The Hall–Kier alpha value is -2.96. The molecule has 1 aromatic carbocycles. The molecular formula is C12H9N5O2. The normalized spacial score (nSPS) is 10.7. The van der Waals surface area contributed by atoms with Crippen LogP contribution in [0.3, 0.4) is 0 Å². The van der Waals surface area contributed by atoms with Crippen molar-refractivity contribution < 1.29 is 9.90 Å². The van der Waals surface area contributed by atoms with Gasteiger partial charge in [0.1, 0.15) is 17.7 Å². The number of aromatic nitrogens is 4. The number of imidazole rings is 1. The summed E-state index contributed by atoms with van der Waals surface area (Å²) >= 11 is 0. The lowest BCUT2D eigenvalue weighted by Gasteiger charge is -1.98. The maximum absolute atomic E-state index is 10.9. The smallest absolute Gasteiger partial charge is 0.335 e. The zero-order valence-corrected chi connectivity index (χ0v) is 9.66. The molecule has 0 radical (unpaired) electrons. The van der Waals surface area contributed by atoms with Gasteiger partial charge in [-0.05, 0) is 12.1 Å². The van der Waals surface area contributed by atoms with Crippen LogP contribution >= 0.6 is 0 Å². The van der Waals surface area contributed by atoms with Gasteiger partial charge in [-0.25, -0.2) is 19.7 Å². The molecule has 2 aromatic heterocycles. The second-order valence-corrected chi connectivity index (χ2v) is 3.93. The van der Waals surface area contributed by atoms with Crippen LogP contribution in [0.15, 0.2) is 30.6 Å². The van der Waals surface area contributed by atoms with Crippen molar-refractivity contribution in [3.05, 3.63) is 36.2 Å². The number of nitrogen functional groups attached to an aromatic ring is 1. The zero-order valence-electron chi connectivity index (χ0n) is 9.66. The maximum atomic E-state index is 10.9. The first-order chi connectivity index (χ1) is 9.15. The van der Waals surface area contributed by atoms with Crippen LogP contribution in [0.1, 0.15) is 10.4 Å². The standard InChI is InChI=1S/C12H9N5O2/c13-9-8-11(15-5-14-9)17-10(16-8)6-2-1-3-7(4-6)12(18)19/h1-5H,(H,18,19)(H3,13,14,15,16,17). The summed E-state index contributed by atoms with van der Waals surface area (Å²) in [7, 11) is 0. The predicted octanol–water partition coefficient (Wildman–Crippen LogP) is 1.30. The van der Waals surface area contributed by atoms with Gasteiger partial charge in [-0.1, -0.05) is 12.1 Å². The molecule has 0 unspecified atom stereocenters. The van der Waals surface area contributed by atoms with Gasteiger partial charge in [-0.3, -0.25) is 0 Å². The minimum absolute atomic E-state index is 0.192. The van der Waals surface area contributed by atoms with Crippen molar-refractivity contribution in [1.82, 2.24) is 19.9 Å². The van der Waals surface area contributed by atoms with Gasteiger partial charge in [0.2, 0.25) is 0 Å². The van der Waals surface area contributed by atoms with Crippen LogP contribution in [0.4, 0.5) is 5.82 Å². The van der Waals surface area contributed by atoms with Crippen LogP contribution in [-0.2, 0) is 0 Å². The number of nitrogens with zero attached hydrogens (tertiary/aromatic N) is 3. The minimum atomic E-state index is -0.989. The van der Waals surface area contributed by atoms with Crippen LogP contribution < -0.4 is 5.73 Å². The molecule has 4 N–H and O–H groups in total. The number of nitrogens with two attached hydrogens (primary N) is 1. The molecule has 0 bridgehead atoms. The first-order valence-corrected chi connectivity index (χ1v) is 5.45. The van der Waals surface area contributed by atoms with E-state index in [1.165, 1.54) is 18.5 Å². The van der Waals surface area contributed by atoms with Crippen LogP contribution in [0.2, 0.25) is 0 Å². The first kappa shape index (κ1) is 11.1. The zero-order chi connectivity index (χ0) is 13.4. The van der Waals surface area contributed by atoms with Crippen molar-refractivity contribution >= 4 is 23.0 Å². The van der Waals surface area contributed by atoms with Gasteiger partial charge in [0, 0.05) is 5.56 Å². The highest BCUT2D eigenvalue weighted by Gasteiger charge is 2.10. The predicted molar refractivity (Wildman–Crippen MR) is 68.5 cm³/mol. The summed E-state index contributed by atoms with van der Waals surface area (Å²) in [5.74, 6) is -0.180. The lowest BCUT2D eigenvalue weighted by molar-refractivity contribution is 0.0697. The maximum Gasteiger partial charge on any atom is 0.335 e. The highest BCUT2D eigenvalue weighted by atomic mass is 16.4. The van der Waals surface area contributed by atoms with Gasteiger partial charge in [0.25, 0.3) is 0 Å². The first-order valence-electron chi connectivity index (χ1n) is 5.45. The van der Waals surface area contributed by atoms with E-state index in [1.54, 1.807) is 12.1 Å². The van der Waals surface area contributed by atoms with Crippen molar-refractivity contribution in [3.8, 4) is 11.4 Å². The Balaban J connectivity index is 2.16. The average molecular weight is 255 g/mol. The summed E-state index contributed by atoms with van der Waals surface area (Å²) < 4.78 is 0. The third kappa shape index (κ3) is 1.86. The van der Waals surface area contributed by atoms with Gasteiger partial charge < -0.3 is 15.8 Å². The van der Waals surface area contributed by atoms with Gasteiger partial charge in [-0.2, -0.15) is 0 Å². The number of carboxylic acids is 1. The van der Waals surface area contributed by atoms with Crippen LogP contribution in [0, 0.1) is 0 Å². The Kier molecular flexibility index (Phi) is 2.38. The number of nitrogens with one attached hydrogen (secondary N) is 1. The fraction of sp³-hybridized carbons (Fsp3) is 0. The number of aromatic carboxylic acids is 1. The monoisotopic (exact) mass is 255 g/mol. The van der Waals surface area contributed by atoms with Crippen LogP contribution in [0.5, 0.6) is 0 Å². The molecule has 3 rings (SSSR count). The quantitative estimate of drug-likeness (QED) is 0.635. The van der Waals surface area contributed by atoms with E-state index in [4.69, 9.17) is 10.8 Å². The van der Waals surface area contributed by atoms with Crippen molar-refractivity contribution in [3.63, 3.8) is 0 Å². The van der Waals surface area contributed by atoms with Crippen molar-refractivity contribution in [2.45, 2.75) is 0 Å². The van der Waals surface area contributed by atoms with Crippen LogP contribution in [0.25, 0.3) is 22.6 Å². The fourth-order valence-corrected chi connectivity index (χ4v) is 1.78. The van der Waals surface area contributed by atoms with E-state index in [2.05, 4.69) is 19.9 Å². The molecule has 0 atom stereocenters. The Morgan fingerprint density at radius 2 is 2.16 bits per heavy atom. The van der Waals surface area contributed by atoms with Gasteiger partial charge in [0.15, 0.2) is 11.5 Å². The molecule has 7 nitrogen and oxygen atoms in total. The van der Waals surface area contributed by atoms with Gasteiger partial charge in [-0.15, -0.1) is 0 Å².